The molecule has 1 nitrogen and oxygen atoms in total. The number of aliphatic hydroxyl groups is 1. The van der Waals surface area contributed by atoms with Crippen LogP contribution in [-0.2, 0) is 0 Å². The fourth-order valence-corrected chi connectivity index (χ4v) is 2.16. The van der Waals surface area contributed by atoms with Crippen molar-refractivity contribution >= 4 is 0 Å². The molecule has 0 radical (unpaired) electrons. The fraction of sp³-hybridized carbons (Fsp3) is 0.250. The molecule has 2 rings (SSSR count). The molecule has 0 aliphatic rings. The highest BCUT2D eigenvalue weighted by atomic mass is 16.3. The van der Waals surface area contributed by atoms with Crippen molar-refractivity contribution < 1.29 is 5.11 Å². The Balaban J connectivity index is 2.50. The van der Waals surface area contributed by atoms with E-state index in [0.29, 0.717) is 0 Å². The number of aliphatic hydroxyl groups excluding tert-OH is 1. The van der Waals surface area contributed by atoms with E-state index in [0.717, 1.165) is 12.0 Å². The second kappa shape index (κ2) is 5.15. The van der Waals surface area contributed by atoms with E-state index in [9.17, 15) is 5.11 Å². The van der Waals surface area contributed by atoms with Gasteiger partial charge >= 0.3 is 0 Å². The molecular weight excluding hydrogens is 208 g/mol. The van der Waals surface area contributed by atoms with Gasteiger partial charge in [-0.1, -0.05) is 55.5 Å². The predicted molar refractivity (Wildman–Crippen MR) is 71.9 cm³/mol. The molecule has 1 unspecified atom stereocenters. The standard InChI is InChI=1S/C16H18O/c1-3-16(17)15-11-7-10-14(12(15)2)13-8-5-4-6-9-13/h4-11,16-17H,3H2,1-2H3. The summed E-state index contributed by atoms with van der Waals surface area (Å²) in [6, 6.07) is 16.4. The van der Waals surface area contributed by atoms with Crippen molar-refractivity contribution in [1.29, 1.82) is 0 Å². The van der Waals surface area contributed by atoms with Gasteiger partial charge in [-0.05, 0) is 35.6 Å². The van der Waals surface area contributed by atoms with E-state index in [1.807, 2.05) is 37.3 Å². The van der Waals surface area contributed by atoms with Gasteiger partial charge in [0.15, 0.2) is 0 Å². The first-order valence-corrected chi connectivity index (χ1v) is 6.07. The zero-order chi connectivity index (χ0) is 12.3. The molecule has 1 atom stereocenters. The summed E-state index contributed by atoms with van der Waals surface area (Å²) in [6.07, 6.45) is 0.387. The van der Waals surface area contributed by atoms with Crippen LogP contribution in [0.1, 0.15) is 30.6 Å². The molecular formula is C16H18O. The minimum absolute atomic E-state index is 0.362. The van der Waals surface area contributed by atoms with E-state index in [1.165, 1.54) is 16.7 Å². The van der Waals surface area contributed by atoms with Gasteiger partial charge in [-0.15, -0.1) is 0 Å². The van der Waals surface area contributed by atoms with Crippen LogP contribution in [0.4, 0.5) is 0 Å². The first-order valence-electron chi connectivity index (χ1n) is 6.07. The Morgan fingerprint density at radius 3 is 2.35 bits per heavy atom. The number of hydrogen-bond acceptors (Lipinski definition) is 1. The van der Waals surface area contributed by atoms with Crippen molar-refractivity contribution in [1.82, 2.24) is 0 Å². The smallest absolute Gasteiger partial charge is 0.0790 e. The lowest BCUT2D eigenvalue weighted by atomic mass is 9.93. The quantitative estimate of drug-likeness (QED) is 0.835. The maximum absolute atomic E-state index is 9.98. The van der Waals surface area contributed by atoms with Gasteiger partial charge < -0.3 is 5.11 Å². The molecule has 0 aliphatic heterocycles. The summed E-state index contributed by atoms with van der Waals surface area (Å²) in [6.45, 7) is 4.08. The zero-order valence-electron chi connectivity index (χ0n) is 10.4. The average molecular weight is 226 g/mol. The molecule has 1 heteroatoms. The van der Waals surface area contributed by atoms with Crippen molar-refractivity contribution in [3.05, 3.63) is 59.7 Å². The van der Waals surface area contributed by atoms with Gasteiger partial charge in [-0.3, -0.25) is 0 Å². The molecule has 2 aromatic rings. The molecule has 0 aromatic heterocycles. The van der Waals surface area contributed by atoms with E-state index >= 15 is 0 Å². The molecule has 17 heavy (non-hydrogen) atoms. The van der Waals surface area contributed by atoms with Crippen molar-refractivity contribution in [3.63, 3.8) is 0 Å². The van der Waals surface area contributed by atoms with Crippen LogP contribution in [0.25, 0.3) is 11.1 Å². The largest absolute Gasteiger partial charge is 0.388 e. The second-order valence-electron chi connectivity index (χ2n) is 4.31. The van der Waals surface area contributed by atoms with Crippen LogP contribution in [0, 0.1) is 6.92 Å². The Kier molecular flexibility index (Phi) is 3.60. The van der Waals surface area contributed by atoms with Crippen LogP contribution >= 0.6 is 0 Å². The van der Waals surface area contributed by atoms with Crippen LogP contribution < -0.4 is 0 Å². The maximum atomic E-state index is 9.98. The van der Waals surface area contributed by atoms with E-state index in [1.54, 1.807) is 0 Å². The van der Waals surface area contributed by atoms with E-state index in [4.69, 9.17) is 0 Å². The summed E-state index contributed by atoms with van der Waals surface area (Å²) in [7, 11) is 0. The van der Waals surface area contributed by atoms with Gasteiger partial charge in [0.05, 0.1) is 6.10 Å². The Morgan fingerprint density at radius 1 is 1.00 bits per heavy atom. The van der Waals surface area contributed by atoms with Crippen LogP contribution in [-0.4, -0.2) is 5.11 Å². The summed E-state index contributed by atoms with van der Waals surface area (Å²) in [5, 5.41) is 9.98. The molecule has 2 aromatic carbocycles. The van der Waals surface area contributed by atoms with Crippen molar-refractivity contribution in [3.8, 4) is 11.1 Å². The summed E-state index contributed by atoms with van der Waals surface area (Å²) in [5.74, 6) is 0. The van der Waals surface area contributed by atoms with Crippen LogP contribution in [0.5, 0.6) is 0 Å². The molecule has 0 saturated carbocycles. The highest BCUT2D eigenvalue weighted by Crippen LogP contribution is 2.29. The lowest BCUT2D eigenvalue weighted by Crippen LogP contribution is -1.99. The predicted octanol–water partition coefficient (Wildman–Crippen LogP) is 4.11. The summed E-state index contributed by atoms with van der Waals surface area (Å²) >= 11 is 0. The monoisotopic (exact) mass is 226 g/mol. The highest BCUT2D eigenvalue weighted by molar-refractivity contribution is 5.68. The number of hydrogen-bond donors (Lipinski definition) is 1. The maximum Gasteiger partial charge on any atom is 0.0790 e. The minimum atomic E-state index is -0.362. The molecule has 0 fully saturated rings. The van der Waals surface area contributed by atoms with Crippen molar-refractivity contribution in [2.75, 3.05) is 0 Å². The lowest BCUT2D eigenvalue weighted by molar-refractivity contribution is 0.173. The van der Waals surface area contributed by atoms with Gasteiger partial charge in [-0.25, -0.2) is 0 Å². The molecule has 0 amide bonds. The molecule has 1 N–H and O–H groups in total. The van der Waals surface area contributed by atoms with Crippen LogP contribution in [0.2, 0.25) is 0 Å². The normalized spacial score (nSPS) is 12.4. The third kappa shape index (κ3) is 2.40. The van der Waals surface area contributed by atoms with Gasteiger partial charge in [0.25, 0.3) is 0 Å². The second-order valence-corrected chi connectivity index (χ2v) is 4.31. The molecule has 0 bridgehead atoms. The van der Waals surface area contributed by atoms with Gasteiger partial charge in [-0.2, -0.15) is 0 Å². The molecule has 0 spiro atoms. The first kappa shape index (κ1) is 11.9. The zero-order valence-corrected chi connectivity index (χ0v) is 10.4. The fourth-order valence-electron chi connectivity index (χ4n) is 2.16. The number of benzene rings is 2. The minimum Gasteiger partial charge on any atom is -0.388 e. The Hall–Kier alpha value is -1.60. The first-order chi connectivity index (χ1) is 8.24. The Morgan fingerprint density at radius 2 is 1.71 bits per heavy atom. The molecule has 0 aliphatic carbocycles. The highest BCUT2D eigenvalue weighted by Gasteiger charge is 2.11. The third-order valence-electron chi connectivity index (χ3n) is 3.21. The van der Waals surface area contributed by atoms with Gasteiger partial charge in [0.1, 0.15) is 0 Å². The van der Waals surface area contributed by atoms with E-state index < -0.39 is 0 Å². The molecule has 0 heterocycles. The third-order valence-corrected chi connectivity index (χ3v) is 3.21. The average Bonchev–Trinajstić information content (AvgIpc) is 2.39. The van der Waals surface area contributed by atoms with Gasteiger partial charge in [0, 0.05) is 0 Å². The van der Waals surface area contributed by atoms with E-state index in [2.05, 4.69) is 25.1 Å². The topological polar surface area (TPSA) is 20.2 Å². The van der Waals surface area contributed by atoms with Crippen molar-refractivity contribution in [2.24, 2.45) is 0 Å². The lowest BCUT2D eigenvalue weighted by Gasteiger charge is -2.15. The van der Waals surface area contributed by atoms with Crippen LogP contribution in [0.15, 0.2) is 48.5 Å². The molecule has 88 valence electrons. The summed E-state index contributed by atoms with van der Waals surface area (Å²) < 4.78 is 0. The van der Waals surface area contributed by atoms with Gasteiger partial charge in [0.2, 0.25) is 0 Å². The Labute approximate surface area is 103 Å². The summed E-state index contributed by atoms with van der Waals surface area (Å²) in [5.41, 5.74) is 4.62. The SMILES string of the molecule is CCC(O)c1cccc(-c2ccccc2)c1C. The Bertz CT molecular complexity index is 488. The summed E-state index contributed by atoms with van der Waals surface area (Å²) in [4.78, 5) is 0. The van der Waals surface area contributed by atoms with Crippen LogP contribution in [0.3, 0.4) is 0 Å². The number of rotatable bonds is 3. The molecule has 0 saturated heterocycles. The van der Waals surface area contributed by atoms with Crippen molar-refractivity contribution in [2.45, 2.75) is 26.4 Å². The van der Waals surface area contributed by atoms with E-state index in [-0.39, 0.29) is 6.10 Å².